The monoisotopic (exact) mass is 219 g/mol. The molecular formula is C11H17N5. The summed E-state index contributed by atoms with van der Waals surface area (Å²) < 4.78 is 0. The molecule has 0 aliphatic rings. The molecule has 0 saturated heterocycles. The van der Waals surface area contributed by atoms with Crippen LogP contribution in [0.25, 0.3) is 11.2 Å². The third-order valence-electron chi connectivity index (χ3n) is 2.33. The number of fused-ring (bicyclic) bond motifs is 1. The summed E-state index contributed by atoms with van der Waals surface area (Å²) in [5.41, 5.74) is 2.75. The Bertz CT molecular complexity index is 437. The number of nitrogens with zero attached hydrogens (tertiary/aromatic N) is 2. The van der Waals surface area contributed by atoms with Gasteiger partial charge in [0.05, 0.1) is 23.7 Å². The molecule has 16 heavy (non-hydrogen) atoms. The minimum atomic E-state index is 0.759. The first-order valence-electron chi connectivity index (χ1n) is 5.64. The highest BCUT2D eigenvalue weighted by molar-refractivity contribution is 5.73. The molecule has 0 aliphatic heterocycles. The van der Waals surface area contributed by atoms with E-state index in [-0.39, 0.29) is 0 Å². The van der Waals surface area contributed by atoms with Crippen molar-refractivity contribution in [1.29, 1.82) is 0 Å². The van der Waals surface area contributed by atoms with Crippen molar-refractivity contribution in [2.24, 2.45) is 0 Å². The molecule has 0 spiro atoms. The molecule has 5 heteroatoms. The van der Waals surface area contributed by atoms with E-state index >= 15 is 0 Å². The lowest BCUT2D eigenvalue weighted by atomic mass is 10.4. The molecule has 0 atom stereocenters. The van der Waals surface area contributed by atoms with Crippen molar-refractivity contribution < 1.29 is 0 Å². The molecule has 2 aromatic heterocycles. The molecule has 2 rings (SSSR count). The molecule has 0 unspecified atom stereocenters. The molecule has 0 saturated carbocycles. The summed E-state index contributed by atoms with van der Waals surface area (Å²) >= 11 is 0. The second kappa shape index (κ2) is 5.46. The molecule has 0 fully saturated rings. The number of aromatic nitrogens is 3. The van der Waals surface area contributed by atoms with E-state index in [1.165, 1.54) is 6.42 Å². The van der Waals surface area contributed by atoms with Crippen LogP contribution in [-0.4, -0.2) is 34.6 Å². The van der Waals surface area contributed by atoms with Crippen LogP contribution in [-0.2, 0) is 0 Å². The number of hydrogen-bond acceptors (Lipinski definition) is 4. The lowest BCUT2D eigenvalue weighted by Crippen LogP contribution is -2.22. The first-order valence-corrected chi connectivity index (χ1v) is 5.64. The van der Waals surface area contributed by atoms with Crippen LogP contribution in [0.4, 0.5) is 5.69 Å². The molecule has 0 bridgehead atoms. The number of imidazole rings is 1. The summed E-state index contributed by atoms with van der Waals surface area (Å²) in [7, 11) is 0. The van der Waals surface area contributed by atoms with Gasteiger partial charge in [-0.05, 0) is 19.0 Å². The predicted molar refractivity (Wildman–Crippen MR) is 65.5 cm³/mol. The van der Waals surface area contributed by atoms with E-state index in [1.54, 1.807) is 6.33 Å². The van der Waals surface area contributed by atoms with Gasteiger partial charge in [-0.2, -0.15) is 0 Å². The van der Waals surface area contributed by atoms with Crippen molar-refractivity contribution >= 4 is 16.9 Å². The normalized spacial score (nSPS) is 10.8. The summed E-state index contributed by atoms with van der Waals surface area (Å²) in [5, 5.41) is 6.65. The largest absolute Gasteiger partial charge is 0.382 e. The van der Waals surface area contributed by atoms with Crippen LogP contribution in [0.15, 0.2) is 18.6 Å². The van der Waals surface area contributed by atoms with Gasteiger partial charge in [-0.1, -0.05) is 6.92 Å². The Labute approximate surface area is 94.7 Å². The van der Waals surface area contributed by atoms with E-state index in [2.05, 4.69) is 32.5 Å². The summed E-state index contributed by atoms with van der Waals surface area (Å²) in [5.74, 6) is 0. The number of anilines is 1. The standard InChI is InChI=1S/C11H17N5/c1-2-3-12-4-5-13-9-6-10-11(14-7-9)16-8-15-10/h6-8,12-13H,2-5H2,1H3,(H,14,15,16). The molecule has 0 aromatic carbocycles. The number of aromatic amines is 1. The highest BCUT2D eigenvalue weighted by Crippen LogP contribution is 2.11. The highest BCUT2D eigenvalue weighted by atomic mass is 15.0. The van der Waals surface area contributed by atoms with E-state index < -0.39 is 0 Å². The van der Waals surface area contributed by atoms with E-state index in [0.29, 0.717) is 0 Å². The van der Waals surface area contributed by atoms with Gasteiger partial charge in [0.1, 0.15) is 0 Å². The molecule has 0 amide bonds. The summed E-state index contributed by atoms with van der Waals surface area (Å²) in [6.07, 6.45) is 4.63. The molecule has 5 nitrogen and oxygen atoms in total. The fraction of sp³-hybridized carbons (Fsp3) is 0.455. The zero-order valence-corrected chi connectivity index (χ0v) is 9.45. The molecule has 2 heterocycles. The van der Waals surface area contributed by atoms with Gasteiger partial charge in [-0.3, -0.25) is 0 Å². The lowest BCUT2D eigenvalue weighted by molar-refractivity contribution is 0.688. The Hall–Kier alpha value is -1.62. The second-order valence-corrected chi connectivity index (χ2v) is 3.67. The first kappa shape index (κ1) is 10.9. The van der Waals surface area contributed by atoms with E-state index in [0.717, 1.165) is 36.5 Å². The van der Waals surface area contributed by atoms with Crippen LogP contribution >= 0.6 is 0 Å². The number of hydrogen-bond donors (Lipinski definition) is 3. The van der Waals surface area contributed by atoms with Crippen molar-refractivity contribution in [3.63, 3.8) is 0 Å². The van der Waals surface area contributed by atoms with Crippen LogP contribution in [0.2, 0.25) is 0 Å². The minimum Gasteiger partial charge on any atom is -0.382 e. The fourth-order valence-corrected chi connectivity index (χ4v) is 1.52. The van der Waals surface area contributed by atoms with Gasteiger partial charge in [-0.25, -0.2) is 9.97 Å². The van der Waals surface area contributed by atoms with Gasteiger partial charge in [0, 0.05) is 13.1 Å². The Morgan fingerprint density at radius 2 is 2.19 bits per heavy atom. The predicted octanol–water partition coefficient (Wildman–Crippen LogP) is 1.37. The average Bonchev–Trinajstić information content (AvgIpc) is 2.76. The van der Waals surface area contributed by atoms with Gasteiger partial charge in [0.15, 0.2) is 5.65 Å². The smallest absolute Gasteiger partial charge is 0.177 e. The van der Waals surface area contributed by atoms with Crippen LogP contribution in [0.3, 0.4) is 0 Å². The number of H-pyrrole nitrogens is 1. The topological polar surface area (TPSA) is 65.6 Å². The first-order chi connectivity index (χ1) is 7.90. The molecule has 86 valence electrons. The number of rotatable bonds is 6. The quantitative estimate of drug-likeness (QED) is 0.642. The Balaban J connectivity index is 1.84. The van der Waals surface area contributed by atoms with Gasteiger partial charge >= 0.3 is 0 Å². The van der Waals surface area contributed by atoms with E-state index in [1.807, 2.05) is 12.3 Å². The van der Waals surface area contributed by atoms with Crippen molar-refractivity contribution in [1.82, 2.24) is 20.3 Å². The van der Waals surface area contributed by atoms with Crippen LogP contribution in [0.1, 0.15) is 13.3 Å². The molecule has 0 radical (unpaired) electrons. The average molecular weight is 219 g/mol. The summed E-state index contributed by atoms with van der Waals surface area (Å²) in [4.78, 5) is 11.3. The lowest BCUT2D eigenvalue weighted by Gasteiger charge is -2.06. The third kappa shape index (κ3) is 2.70. The van der Waals surface area contributed by atoms with E-state index in [4.69, 9.17) is 0 Å². The highest BCUT2D eigenvalue weighted by Gasteiger charge is 1.98. The molecule has 3 N–H and O–H groups in total. The van der Waals surface area contributed by atoms with Crippen LogP contribution in [0, 0.1) is 0 Å². The van der Waals surface area contributed by atoms with Gasteiger partial charge in [0.2, 0.25) is 0 Å². The van der Waals surface area contributed by atoms with Crippen LogP contribution in [0.5, 0.6) is 0 Å². The van der Waals surface area contributed by atoms with Gasteiger partial charge in [0.25, 0.3) is 0 Å². The maximum absolute atomic E-state index is 4.23. The maximum atomic E-state index is 4.23. The SMILES string of the molecule is CCCNCCNc1cnc2nc[nH]c2c1. The molecular weight excluding hydrogens is 202 g/mol. The Morgan fingerprint density at radius 1 is 1.25 bits per heavy atom. The van der Waals surface area contributed by atoms with Crippen LogP contribution < -0.4 is 10.6 Å². The summed E-state index contributed by atoms with van der Waals surface area (Å²) in [6.45, 7) is 5.10. The molecule has 0 aliphatic carbocycles. The van der Waals surface area contributed by atoms with Crippen molar-refractivity contribution in [3.05, 3.63) is 18.6 Å². The minimum absolute atomic E-state index is 0.759. The van der Waals surface area contributed by atoms with Crippen molar-refractivity contribution in [2.75, 3.05) is 25.0 Å². The maximum Gasteiger partial charge on any atom is 0.177 e. The number of nitrogens with one attached hydrogen (secondary N) is 3. The van der Waals surface area contributed by atoms with E-state index in [9.17, 15) is 0 Å². The number of pyridine rings is 1. The third-order valence-corrected chi connectivity index (χ3v) is 2.33. The van der Waals surface area contributed by atoms with Crippen molar-refractivity contribution in [3.8, 4) is 0 Å². The molecule has 2 aromatic rings. The zero-order chi connectivity index (χ0) is 11.2. The Morgan fingerprint density at radius 3 is 3.06 bits per heavy atom. The van der Waals surface area contributed by atoms with Gasteiger partial charge < -0.3 is 15.6 Å². The Kier molecular flexibility index (Phi) is 3.71. The fourth-order valence-electron chi connectivity index (χ4n) is 1.52. The summed E-state index contributed by atoms with van der Waals surface area (Å²) in [6, 6.07) is 2.02. The zero-order valence-electron chi connectivity index (χ0n) is 9.45. The van der Waals surface area contributed by atoms with Crippen molar-refractivity contribution in [2.45, 2.75) is 13.3 Å². The second-order valence-electron chi connectivity index (χ2n) is 3.67. The van der Waals surface area contributed by atoms with Gasteiger partial charge in [-0.15, -0.1) is 0 Å².